The van der Waals surface area contributed by atoms with Crippen molar-refractivity contribution in [2.24, 2.45) is 0 Å². The minimum absolute atomic E-state index is 0.0639. The molecule has 3 N–H and O–H groups in total. The third-order valence-electron chi connectivity index (χ3n) is 8.76. The van der Waals surface area contributed by atoms with E-state index < -0.39 is 20.0 Å². The van der Waals surface area contributed by atoms with E-state index >= 15 is 0 Å². The van der Waals surface area contributed by atoms with Gasteiger partial charge in [0.15, 0.2) is 0 Å². The number of quaternary nitrogens is 1. The highest BCUT2D eigenvalue weighted by atomic mass is 31.2. The molecule has 47 heavy (non-hydrogen) atoms. The number of nitrogens with one attached hydrogen (secondary N) is 1. The van der Waals surface area contributed by atoms with E-state index in [2.05, 4.69) is 19.2 Å². The molecule has 0 saturated carbocycles. The van der Waals surface area contributed by atoms with Crippen LogP contribution in [0.25, 0.3) is 0 Å². The number of aliphatic hydroxyl groups excluding tert-OH is 1. The molecular weight excluding hydrogens is 611 g/mol. The maximum absolute atomic E-state index is 12.8. The van der Waals surface area contributed by atoms with E-state index in [0.29, 0.717) is 17.4 Å². The van der Waals surface area contributed by atoms with Crippen molar-refractivity contribution in [3.63, 3.8) is 0 Å². The van der Waals surface area contributed by atoms with Gasteiger partial charge in [0.1, 0.15) is 13.2 Å². The van der Waals surface area contributed by atoms with Gasteiger partial charge in [-0.3, -0.25) is 13.8 Å². The fraction of sp³-hybridized carbons (Fsp3) is 0.921. The maximum Gasteiger partial charge on any atom is 0.472 e. The molecule has 0 aliphatic rings. The van der Waals surface area contributed by atoms with Gasteiger partial charge < -0.3 is 19.8 Å². The van der Waals surface area contributed by atoms with Gasteiger partial charge in [-0.1, -0.05) is 161 Å². The van der Waals surface area contributed by atoms with Gasteiger partial charge in [0.25, 0.3) is 0 Å². The van der Waals surface area contributed by atoms with Crippen LogP contribution in [0.1, 0.15) is 174 Å². The van der Waals surface area contributed by atoms with Gasteiger partial charge in [0.05, 0.1) is 39.9 Å². The van der Waals surface area contributed by atoms with Crippen molar-refractivity contribution >= 4 is 13.7 Å². The first-order valence-corrected chi connectivity index (χ1v) is 21.1. The molecule has 0 heterocycles. The topological polar surface area (TPSA) is 105 Å². The summed E-state index contributed by atoms with van der Waals surface area (Å²) in [7, 11) is 1.58. The molecule has 0 saturated heterocycles. The summed E-state index contributed by atoms with van der Waals surface area (Å²) in [6.07, 6.45) is 32.7. The predicted molar refractivity (Wildman–Crippen MR) is 198 cm³/mol. The summed E-state index contributed by atoms with van der Waals surface area (Å²) in [5, 5.41) is 13.7. The first-order chi connectivity index (χ1) is 22.5. The number of amides is 1. The van der Waals surface area contributed by atoms with E-state index in [1.54, 1.807) is 6.08 Å². The van der Waals surface area contributed by atoms with E-state index in [4.69, 9.17) is 9.05 Å². The third-order valence-corrected chi connectivity index (χ3v) is 9.74. The van der Waals surface area contributed by atoms with Crippen molar-refractivity contribution in [1.82, 2.24) is 5.32 Å². The number of nitrogens with zero attached hydrogens (tertiary/aromatic N) is 1. The van der Waals surface area contributed by atoms with Crippen LogP contribution in [0.4, 0.5) is 0 Å². The molecule has 3 atom stereocenters. The molecule has 280 valence electrons. The Balaban J connectivity index is 4.40. The number of carbonyl (C=O) groups is 1. The summed E-state index contributed by atoms with van der Waals surface area (Å²) in [5.74, 6) is -0.179. The smallest absolute Gasteiger partial charge is 0.387 e. The van der Waals surface area contributed by atoms with Crippen LogP contribution >= 0.6 is 7.82 Å². The molecule has 0 radical (unpaired) electrons. The van der Waals surface area contributed by atoms with Crippen LogP contribution in [0.3, 0.4) is 0 Å². The Labute approximate surface area is 291 Å². The Morgan fingerprint density at radius 3 is 1.57 bits per heavy atom. The number of hydrogen-bond acceptors (Lipinski definition) is 5. The van der Waals surface area contributed by atoms with Gasteiger partial charge in [-0.05, 0) is 19.3 Å². The SMILES string of the molecule is CCCCCCCCC/C=C/C(O)C(COP(=O)(O)OCC[N+](C)(C)C)NC(=O)CCCCCCCCCCCCCCCCCC. The number of hydrogen-bond donors (Lipinski definition) is 3. The molecule has 8 nitrogen and oxygen atoms in total. The lowest BCUT2D eigenvalue weighted by Gasteiger charge is -2.25. The summed E-state index contributed by atoms with van der Waals surface area (Å²) in [4.78, 5) is 22.9. The molecule has 0 aliphatic heterocycles. The summed E-state index contributed by atoms with van der Waals surface area (Å²) >= 11 is 0. The summed E-state index contributed by atoms with van der Waals surface area (Å²) in [5.41, 5.74) is 0. The lowest BCUT2D eigenvalue weighted by Crippen LogP contribution is -2.45. The van der Waals surface area contributed by atoms with E-state index in [0.717, 1.165) is 38.5 Å². The second kappa shape index (κ2) is 31.2. The first-order valence-electron chi connectivity index (χ1n) is 19.6. The van der Waals surface area contributed by atoms with Crippen molar-refractivity contribution in [1.29, 1.82) is 0 Å². The highest BCUT2D eigenvalue weighted by Gasteiger charge is 2.27. The van der Waals surface area contributed by atoms with E-state index in [-0.39, 0.29) is 19.1 Å². The molecule has 1 amide bonds. The molecular formula is C38H78N2O6P+. The Hall–Kier alpha value is -0.760. The monoisotopic (exact) mass is 690 g/mol. The minimum Gasteiger partial charge on any atom is -0.387 e. The van der Waals surface area contributed by atoms with E-state index in [1.807, 2.05) is 27.2 Å². The van der Waals surface area contributed by atoms with Crippen LogP contribution in [-0.4, -0.2) is 73.4 Å². The molecule has 0 aromatic heterocycles. The minimum atomic E-state index is -4.32. The second-order valence-electron chi connectivity index (χ2n) is 14.7. The standard InChI is InChI=1S/C38H77N2O6P/c1-6-8-10-12-14-16-17-18-19-20-21-22-24-26-28-30-32-38(42)39-36(35-46-47(43,44)45-34-33-40(3,4)5)37(41)31-29-27-25-23-15-13-11-9-7-2/h29,31,36-37,41H,6-28,30,32-35H2,1-5H3,(H-,39,42,43,44)/p+1/b31-29+. The lowest BCUT2D eigenvalue weighted by atomic mass is 10.0. The van der Waals surface area contributed by atoms with E-state index in [1.165, 1.54) is 116 Å². The van der Waals surface area contributed by atoms with Crippen molar-refractivity contribution in [3.05, 3.63) is 12.2 Å². The number of allylic oxidation sites excluding steroid dienone is 1. The Morgan fingerprint density at radius 2 is 1.13 bits per heavy atom. The number of carbonyl (C=O) groups excluding carboxylic acids is 1. The van der Waals surface area contributed by atoms with Crippen LogP contribution in [0.2, 0.25) is 0 Å². The normalized spacial score (nSPS) is 14.8. The quantitative estimate of drug-likeness (QED) is 0.0265. The van der Waals surface area contributed by atoms with Crippen LogP contribution in [0.5, 0.6) is 0 Å². The molecule has 0 aliphatic carbocycles. The molecule has 9 heteroatoms. The lowest BCUT2D eigenvalue weighted by molar-refractivity contribution is -0.870. The van der Waals surface area contributed by atoms with Crippen molar-refractivity contribution in [3.8, 4) is 0 Å². The summed E-state index contributed by atoms with van der Waals surface area (Å²) in [6, 6.07) is -0.837. The molecule has 0 rings (SSSR count). The van der Waals surface area contributed by atoms with Gasteiger partial charge in [0.2, 0.25) is 5.91 Å². The largest absolute Gasteiger partial charge is 0.472 e. The highest BCUT2D eigenvalue weighted by Crippen LogP contribution is 2.43. The number of aliphatic hydroxyl groups is 1. The average Bonchev–Trinajstić information content (AvgIpc) is 3.01. The van der Waals surface area contributed by atoms with Crippen molar-refractivity contribution < 1.29 is 32.9 Å². The van der Waals surface area contributed by atoms with Crippen LogP contribution in [0, 0.1) is 0 Å². The van der Waals surface area contributed by atoms with Gasteiger partial charge in [-0.25, -0.2) is 4.57 Å². The average molecular weight is 690 g/mol. The summed E-state index contributed by atoms with van der Waals surface area (Å²) < 4.78 is 23.4. The van der Waals surface area contributed by atoms with E-state index in [9.17, 15) is 19.4 Å². The predicted octanol–water partition coefficient (Wildman–Crippen LogP) is 10.0. The molecule has 0 fully saturated rings. The molecule has 0 aromatic rings. The molecule has 0 aromatic carbocycles. The fourth-order valence-electron chi connectivity index (χ4n) is 5.57. The van der Waals surface area contributed by atoms with Gasteiger partial charge in [-0.2, -0.15) is 0 Å². The number of rotatable bonds is 35. The maximum atomic E-state index is 12.8. The van der Waals surface area contributed by atoms with Gasteiger partial charge in [-0.15, -0.1) is 0 Å². The van der Waals surface area contributed by atoms with Crippen LogP contribution < -0.4 is 5.32 Å². The van der Waals surface area contributed by atoms with Crippen LogP contribution in [0.15, 0.2) is 12.2 Å². The molecule has 3 unspecified atom stereocenters. The molecule has 0 bridgehead atoms. The Morgan fingerprint density at radius 1 is 0.702 bits per heavy atom. The number of likely N-dealkylation sites (N-methyl/N-ethyl adjacent to an activating group) is 1. The number of unbranched alkanes of at least 4 members (excludes halogenated alkanes) is 22. The fourth-order valence-corrected chi connectivity index (χ4v) is 6.31. The Kier molecular flexibility index (Phi) is 30.7. The molecule has 0 spiro atoms. The van der Waals surface area contributed by atoms with Crippen molar-refractivity contribution in [2.75, 3.05) is 40.9 Å². The number of phosphoric acid groups is 1. The zero-order valence-electron chi connectivity index (χ0n) is 31.5. The zero-order valence-corrected chi connectivity index (χ0v) is 32.4. The van der Waals surface area contributed by atoms with Crippen molar-refractivity contribution in [2.45, 2.75) is 187 Å². The number of phosphoric ester groups is 1. The Bertz CT molecular complexity index is 789. The van der Waals surface area contributed by atoms with Gasteiger partial charge in [0, 0.05) is 6.42 Å². The summed E-state index contributed by atoms with van der Waals surface area (Å²) in [6.45, 7) is 4.78. The van der Waals surface area contributed by atoms with Gasteiger partial charge >= 0.3 is 7.82 Å². The van der Waals surface area contributed by atoms with Crippen LogP contribution in [-0.2, 0) is 18.4 Å². The first kappa shape index (κ1) is 46.2. The highest BCUT2D eigenvalue weighted by molar-refractivity contribution is 7.47. The zero-order chi connectivity index (χ0) is 35.1. The second-order valence-corrected chi connectivity index (χ2v) is 16.1. The third kappa shape index (κ3) is 33.5.